The van der Waals surface area contributed by atoms with E-state index >= 15 is 0 Å². The van der Waals surface area contributed by atoms with Gasteiger partial charge in [-0.15, -0.1) is 0 Å². The zero-order valence-corrected chi connectivity index (χ0v) is 7.86. The molecule has 0 aromatic heterocycles. The standard InChI is InChI=1S/C10H18O2/c1-6(2)7-3-4-8-9(11)5-12-10(7)8/h6-11H,3-5H2,1-2H3. The van der Waals surface area contributed by atoms with Crippen LogP contribution in [-0.2, 0) is 4.74 Å². The number of aliphatic hydroxyl groups excluding tert-OH is 1. The first-order chi connectivity index (χ1) is 5.70. The van der Waals surface area contributed by atoms with Gasteiger partial charge in [0.15, 0.2) is 0 Å². The predicted octanol–water partition coefficient (Wildman–Crippen LogP) is 1.43. The van der Waals surface area contributed by atoms with Gasteiger partial charge >= 0.3 is 0 Å². The zero-order chi connectivity index (χ0) is 8.72. The summed E-state index contributed by atoms with van der Waals surface area (Å²) in [5, 5.41) is 9.57. The van der Waals surface area contributed by atoms with Gasteiger partial charge in [-0.25, -0.2) is 0 Å². The third kappa shape index (κ3) is 1.17. The van der Waals surface area contributed by atoms with E-state index in [9.17, 15) is 5.11 Å². The van der Waals surface area contributed by atoms with Crippen molar-refractivity contribution in [3.8, 4) is 0 Å². The molecule has 0 aromatic carbocycles. The number of fused-ring (bicyclic) bond motifs is 1. The molecule has 2 nitrogen and oxygen atoms in total. The highest BCUT2D eigenvalue weighted by Gasteiger charge is 2.46. The SMILES string of the molecule is CC(C)C1CCC2C(O)COC12. The smallest absolute Gasteiger partial charge is 0.0826 e. The van der Waals surface area contributed by atoms with Crippen LogP contribution in [-0.4, -0.2) is 23.9 Å². The van der Waals surface area contributed by atoms with Crippen LogP contribution >= 0.6 is 0 Å². The minimum Gasteiger partial charge on any atom is -0.390 e. The molecule has 2 fully saturated rings. The lowest BCUT2D eigenvalue weighted by Gasteiger charge is -2.21. The van der Waals surface area contributed by atoms with E-state index in [2.05, 4.69) is 13.8 Å². The molecule has 1 aliphatic carbocycles. The predicted molar refractivity (Wildman–Crippen MR) is 46.8 cm³/mol. The lowest BCUT2D eigenvalue weighted by molar-refractivity contribution is 0.0442. The molecule has 1 N–H and O–H groups in total. The van der Waals surface area contributed by atoms with Crippen LogP contribution in [0.25, 0.3) is 0 Å². The van der Waals surface area contributed by atoms with Gasteiger partial charge in [0.1, 0.15) is 0 Å². The fourth-order valence-electron chi connectivity index (χ4n) is 2.74. The largest absolute Gasteiger partial charge is 0.390 e. The maximum Gasteiger partial charge on any atom is 0.0826 e. The Morgan fingerprint density at radius 2 is 2.08 bits per heavy atom. The third-order valence-corrected chi connectivity index (χ3v) is 3.49. The summed E-state index contributed by atoms with van der Waals surface area (Å²) in [7, 11) is 0. The van der Waals surface area contributed by atoms with Gasteiger partial charge in [0.2, 0.25) is 0 Å². The summed E-state index contributed by atoms with van der Waals surface area (Å²) in [6.45, 7) is 5.07. The Kier molecular flexibility index (Phi) is 2.13. The summed E-state index contributed by atoms with van der Waals surface area (Å²) < 4.78 is 5.61. The summed E-state index contributed by atoms with van der Waals surface area (Å²) in [5.41, 5.74) is 0. The molecule has 2 aliphatic rings. The molecule has 0 bridgehead atoms. The molecule has 4 atom stereocenters. The average molecular weight is 170 g/mol. The first kappa shape index (κ1) is 8.52. The summed E-state index contributed by atoms with van der Waals surface area (Å²) in [5.74, 6) is 1.83. The Hall–Kier alpha value is -0.0800. The van der Waals surface area contributed by atoms with Crippen LogP contribution in [0.4, 0.5) is 0 Å². The Bertz CT molecular complexity index is 167. The lowest BCUT2D eigenvalue weighted by atomic mass is 9.90. The molecule has 12 heavy (non-hydrogen) atoms. The van der Waals surface area contributed by atoms with Crippen LogP contribution in [0.5, 0.6) is 0 Å². The van der Waals surface area contributed by atoms with E-state index in [0.717, 1.165) is 6.42 Å². The summed E-state index contributed by atoms with van der Waals surface area (Å²) in [6.07, 6.45) is 2.58. The Morgan fingerprint density at radius 1 is 1.33 bits per heavy atom. The fraction of sp³-hybridized carbons (Fsp3) is 1.00. The van der Waals surface area contributed by atoms with Gasteiger partial charge in [0.05, 0.1) is 18.8 Å². The maximum atomic E-state index is 9.57. The molecule has 0 amide bonds. The first-order valence-electron chi connectivity index (χ1n) is 5.00. The quantitative estimate of drug-likeness (QED) is 0.645. The summed E-state index contributed by atoms with van der Waals surface area (Å²) >= 11 is 0. The third-order valence-electron chi connectivity index (χ3n) is 3.49. The topological polar surface area (TPSA) is 29.5 Å². The maximum absolute atomic E-state index is 9.57. The highest BCUT2D eigenvalue weighted by molar-refractivity contribution is 4.94. The van der Waals surface area contributed by atoms with Crippen molar-refractivity contribution in [2.24, 2.45) is 17.8 Å². The van der Waals surface area contributed by atoms with Gasteiger partial charge < -0.3 is 9.84 Å². The molecule has 1 saturated heterocycles. The van der Waals surface area contributed by atoms with E-state index in [4.69, 9.17) is 4.74 Å². The second-order valence-electron chi connectivity index (χ2n) is 4.51. The minimum absolute atomic E-state index is 0.182. The van der Waals surface area contributed by atoms with E-state index in [1.165, 1.54) is 6.42 Å². The normalized spacial score (nSPS) is 47.0. The summed E-state index contributed by atoms with van der Waals surface area (Å²) in [4.78, 5) is 0. The van der Waals surface area contributed by atoms with Crippen molar-refractivity contribution in [3.05, 3.63) is 0 Å². The molecule has 1 saturated carbocycles. The molecule has 1 heterocycles. The number of aliphatic hydroxyl groups is 1. The summed E-state index contributed by atoms with van der Waals surface area (Å²) in [6, 6.07) is 0. The van der Waals surface area contributed by atoms with Crippen molar-refractivity contribution in [2.45, 2.75) is 38.9 Å². The Balaban J connectivity index is 2.05. The second-order valence-corrected chi connectivity index (χ2v) is 4.51. The van der Waals surface area contributed by atoms with Crippen LogP contribution < -0.4 is 0 Å². The molecule has 2 heteroatoms. The van der Waals surface area contributed by atoms with Crippen LogP contribution in [0.2, 0.25) is 0 Å². The number of rotatable bonds is 1. The molecular formula is C10H18O2. The van der Waals surface area contributed by atoms with E-state index in [1.54, 1.807) is 0 Å². The van der Waals surface area contributed by atoms with Crippen molar-refractivity contribution in [3.63, 3.8) is 0 Å². The van der Waals surface area contributed by atoms with Crippen molar-refractivity contribution in [2.75, 3.05) is 6.61 Å². The molecule has 0 spiro atoms. The van der Waals surface area contributed by atoms with Crippen LogP contribution in [0.1, 0.15) is 26.7 Å². The van der Waals surface area contributed by atoms with Gasteiger partial charge in [-0.05, 0) is 24.7 Å². The van der Waals surface area contributed by atoms with E-state index in [0.29, 0.717) is 30.5 Å². The highest BCUT2D eigenvalue weighted by atomic mass is 16.5. The number of ether oxygens (including phenoxy) is 1. The first-order valence-corrected chi connectivity index (χ1v) is 5.00. The van der Waals surface area contributed by atoms with Crippen LogP contribution in [0.3, 0.4) is 0 Å². The molecule has 4 unspecified atom stereocenters. The zero-order valence-electron chi connectivity index (χ0n) is 7.86. The molecule has 1 aliphatic heterocycles. The van der Waals surface area contributed by atoms with Gasteiger partial charge in [-0.3, -0.25) is 0 Å². The molecule has 70 valence electrons. The highest BCUT2D eigenvalue weighted by Crippen LogP contribution is 2.43. The average Bonchev–Trinajstić information content (AvgIpc) is 2.53. The van der Waals surface area contributed by atoms with Crippen molar-refractivity contribution < 1.29 is 9.84 Å². The monoisotopic (exact) mass is 170 g/mol. The van der Waals surface area contributed by atoms with Crippen molar-refractivity contribution in [1.29, 1.82) is 0 Å². The van der Waals surface area contributed by atoms with Gasteiger partial charge in [0, 0.05) is 5.92 Å². The van der Waals surface area contributed by atoms with E-state index in [1.807, 2.05) is 0 Å². The van der Waals surface area contributed by atoms with Crippen LogP contribution in [0.15, 0.2) is 0 Å². The second kappa shape index (κ2) is 3.00. The van der Waals surface area contributed by atoms with Crippen molar-refractivity contribution >= 4 is 0 Å². The Labute approximate surface area is 73.9 Å². The van der Waals surface area contributed by atoms with E-state index < -0.39 is 0 Å². The minimum atomic E-state index is -0.182. The molecule has 0 radical (unpaired) electrons. The molecule has 2 rings (SSSR count). The van der Waals surface area contributed by atoms with Crippen LogP contribution in [0, 0.1) is 17.8 Å². The molecular weight excluding hydrogens is 152 g/mol. The van der Waals surface area contributed by atoms with Gasteiger partial charge in [0.25, 0.3) is 0 Å². The Morgan fingerprint density at radius 3 is 2.75 bits per heavy atom. The van der Waals surface area contributed by atoms with E-state index in [-0.39, 0.29) is 6.10 Å². The molecule has 0 aromatic rings. The van der Waals surface area contributed by atoms with Gasteiger partial charge in [-0.1, -0.05) is 13.8 Å². The number of hydrogen-bond acceptors (Lipinski definition) is 2. The number of hydrogen-bond donors (Lipinski definition) is 1. The fourth-order valence-corrected chi connectivity index (χ4v) is 2.74. The van der Waals surface area contributed by atoms with Crippen molar-refractivity contribution in [1.82, 2.24) is 0 Å². The van der Waals surface area contributed by atoms with Gasteiger partial charge in [-0.2, -0.15) is 0 Å². The lowest BCUT2D eigenvalue weighted by Crippen LogP contribution is -2.24.